The van der Waals surface area contributed by atoms with Gasteiger partial charge >= 0.3 is 0 Å². The van der Waals surface area contributed by atoms with E-state index >= 15 is 0 Å². The number of aryl methyl sites for hydroxylation is 1. The zero-order chi connectivity index (χ0) is 11.7. The summed E-state index contributed by atoms with van der Waals surface area (Å²) in [6.45, 7) is 1.95. The van der Waals surface area contributed by atoms with Gasteiger partial charge in [0, 0.05) is 12.6 Å². The lowest BCUT2D eigenvalue weighted by Crippen LogP contribution is -1.85. The summed E-state index contributed by atoms with van der Waals surface area (Å²) in [4.78, 5) is 5.39. The van der Waals surface area contributed by atoms with Crippen LogP contribution in [0, 0.1) is 6.92 Å². The summed E-state index contributed by atoms with van der Waals surface area (Å²) in [5.41, 5.74) is 1.80. The summed E-state index contributed by atoms with van der Waals surface area (Å²) < 4.78 is 0. The van der Waals surface area contributed by atoms with Gasteiger partial charge in [0.25, 0.3) is 0 Å². The van der Waals surface area contributed by atoms with Crippen LogP contribution >= 0.6 is 34.5 Å². The second-order valence-electron chi connectivity index (χ2n) is 3.28. The Morgan fingerprint density at radius 3 is 2.38 bits per heavy atom. The Balaban J connectivity index is 2.62. The Bertz CT molecular complexity index is 502. The molecule has 0 atom stereocenters. The van der Waals surface area contributed by atoms with Gasteiger partial charge in [0.15, 0.2) is 5.13 Å². The highest BCUT2D eigenvalue weighted by Crippen LogP contribution is 2.40. The van der Waals surface area contributed by atoms with Crippen LogP contribution in [0.25, 0.3) is 10.4 Å². The fourth-order valence-corrected chi connectivity index (χ4v) is 3.14. The van der Waals surface area contributed by atoms with Crippen LogP contribution in [-0.4, -0.2) is 12.0 Å². The van der Waals surface area contributed by atoms with Crippen molar-refractivity contribution in [2.75, 3.05) is 12.4 Å². The molecule has 0 aliphatic carbocycles. The number of rotatable bonds is 2. The number of anilines is 1. The standard InChI is InChI=1S/C11H10Cl2N2S/c1-6-10(16-11(14-2)15-6)9-7(12)4-3-5-8(9)13/h3-5H,1-2H3,(H,14,15). The van der Waals surface area contributed by atoms with Gasteiger partial charge in [-0.3, -0.25) is 0 Å². The number of nitrogens with one attached hydrogen (secondary N) is 1. The molecule has 2 aromatic rings. The first kappa shape index (κ1) is 11.7. The average molecular weight is 273 g/mol. The van der Waals surface area contributed by atoms with E-state index in [2.05, 4.69) is 10.3 Å². The molecule has 0 aliphatic rings. The number of thiazole rings is 1. The lowest BCUT2D eigenvalue weighted by Gasteiger charge is -2.04. The fraction of sp³-hybridized carbons (Fsp3) is 0.182. The molecule has 0 spiro atoms. The SMILES string of the molecule is CNc1nc(C)c(-c2c(Cl)cccc2Cl)s1. The molecule has 16 heavy (non-hydrogen) atoms. The minimum atomic E-state index is 0.655. The maximum absolute atomic E-state index is 6.16. The molecule has 5 heteroatoms. The lowest BCUT2D eigenvalue weighted by molar-refractivity contribution is 1.25. The van der Waals surface area contributed by atoms with Crippen molar-refractivity contribution in [1.29, 1.82) is 0 Å². The highest BCUT2D eigenvalue weighted by Gasteiger charge is 2.14. The molecule has 0 amide bonds. The molecule has 0 bridgehead atoms. The van der Waals surface area contributed by atoms with Gasteiger partial charge in [0.2, 0.25) is 0 Å². The molecule has 0 fully saturated rings. The maximum atomic E-state index is 6.16. The largest absolute Gasteiger partial charge is 0.365 e. The van der Waals surface area contributed by atoms with Crippen molar-refractivity contribution < 1.29 is 0 Å². The van der Waals surface area contributed by atoms with Gasteiger partial charge in [-0.15, -0.1) is 0 Å². The number of hydrogen-bond donors (Lipinski definition) is 1. The first-order chi connectivity index (χ1) is 7.63. The van der Waals surface area contributed by atoms with Gasteiger partial charge in [-0.2, -0.15) is 0 Å². The van der Waals surface area contributed by atoms with Gasteiger partial charge in [-0.25, -0.2) is 4.98 Å². The van der Waals surface area contributed by atoms with E-state index in [1.165, 1.54) is 0 Å². The van der Waals surface area contributed by atoms with Crippen molar-refractivity contribution in [2.45, 2.75) is 6.92 Å². The molecule has 2 rings (SSSR count). The van der Waals surface area contributed by atoms with Crippen LogP contribution in [0.1, 0.15) is 5.69 Å². The summed E-state index contributed by atoms with van der Waals surface area (Å²) in [6, 6.07) is 5.51. The Morgan fingerprint density at radius 2 is 1.88 bits per heavy atom. The van der Waals surface area contributed by atoms with E-state index in [0.29, 0.717) is 10.0 Å². The van der Waals surface area contributed by atoms with E-state index in [-0.39, 0.29) is 0 Å². The lowest BCUT2D eigenvalue weighted by atomic mass is 10.1. The van der Waals surface area contributed by atoms with E-state index < -0.39 is 0 Å². The van der Waals surface area contributed by atoms with Crippen molar-refractivity contribution >= 4 is 39.7 Å². The molecule has 0 radical (unpaired) electrons. The molecule has 1 aromatic heterocycles. The number of halogens is 2. The van der Waals surface area contributed by atoms with Gasteiger partial charge < -0.3 is 5.32 Å². The monoisotopic (exact) mass is 272 g/mol. The van der Waals surface area contributed by atoms with E-state index in [9.17, 15) is 0 Å². The van der Waals surface area contributed by atoms with Crippen LogP contribution in [0.2, 0.25) is 10.0 Å². The third-order valence-electron chi connectivity index (χ3n) is 2.20. The molecular formula is C11H10Cl2N2S. The Hall–Kier alpha value is -0.770. The number of benzene rings is 1. The molecule has 0 unspecified atom stereocenters. The van der Waals surface area contributed by atoms with E-state index in [1.807, 2.05) is 32.2 Å². The molecule has 0 saturated heterocycles. The summed E-state index contributed by atoms with van der Waals surface area (Å²) in [6.07, 6.45) is 0. The maximum Gasteiger partial charge on any atom is 0.183 e. The predicted octanol–water partition coefficient (Wildman–Crippen LogP) is 4.47. The predicted molar refractivity (Wildman–Crippen MR) is 71.9 cm³/mol. The van der Waals surface area contributed by atoms with Crippen LogP contribution in [0.3, 0.4) is 0 Å². The normalized spacial score (nSPS) is 10.5. The van der Waals surface area contributed by atoms with E-state index in [0.717, 1.165) is 21.3 Å². The first-order valence-corrected chi connectivity index (χ1v) is 6.30. The summed E-state index contributed by atoms with van der Waals surface area (Å²) in [5.74, 6) is 0. The molecule has 1 N–H and O–H groups in total. The van der Waals surface area contributed by atoms with Gasteiger partial charge in [0.05, 0.1) is 20.6 Å². The molecule has 84 valence electrons. The molecular weight excluding hydrogens is 263 g/mol. The van der Waals surface area contributed by atoms with E-state index in [4.69, 9.17) is 23.2 Å². The fourth-order valence-electron chi connectivity index (χ4n) is 1.45. The molecule has 0 aliphatic heterocycles. The molecule has 1 aromatic carbocycles. The van der Waals surface area contributed by atoms with Gasteiger partial charge in [0.1, 0.15) is 0 Å². The van der Waals surface area contributed by atoms with E-state index in [1.54, 1.807) is 11.3 Å². The summed E-state index contributed by atoms with van der Waals surface area (Å²) in [7, 11) is 1.84. The summed E-state index contributed by atoms with van der Waals surface area (Å²) >= 11 is 13.9. The zero-order valence-electron chi connectivity index (χ0n) is 8.84. The molecule has 2 nitrogen and oxygen atoms in total. The van der Waals surface area contributed by atoms with Crippen LogP contribution in [0.5, 0.6) is 0 Å². The smallest absolute Gasteiger partial charge is 0.183 e. The van der Waals surface area contributed by atoms with Crippen molar-refractivity contribution in [3.63, 3.8) is 0 Å². The number of aromatic nitrogens is 1. The van der Waals surface area contributed by atoms with Gasteiger partial charge in [-0.05, 0) is 19.1 Å². The van der Waals surface area contributed by atoms with Crippen molar-refractivity contribution in [2.24, 2.45) is 0 Å². The quantitative estimate of drug-likeness (QED) is 0.873. The minimum Gasteiger partial charge on any atom is -0.365 e. The average Bonchev–Trinajstić information content (AvgIpc) is 2.60. The van der Waals surface area contributed by atoms with Gasteiger partial charge in [-0.1, -0.05) is 40.6 Å². The van der Waals surface area contributed by atoms with Crippen molar-refractivity contribution in [1.82, 2.24) is 4.98 Å². The second kappa shape index (κ2) is 4.62. The third-order valence-corrected chi connectivity index (χ3v) is 4.02. The number of nitrogens with zero attached hydrogens (tertiary/aromatic N) is 1. The Labute approximate surface area is 108 Å². The van der Waals surface area contributed by atoms with Crippen molar-refractivity contribution in [3.05, 3.63) is 33.9 Å². The van der Waals surface area contributed by atoms with Crippen LogP contribution in [0.4, 0.5) is 5.13 Å². The van der Waals surface area contributed by atoms with Crippen LogP contribution in [-0.2, 0) is 0 Å². The minimum absolute atomic E-state index is 0.655. The zero-order valence-corrected chi connectivity index (χ0v) is 11.2. The highest BCUT2D eigenvalue weighted by atomic mass is 35.5. The van der Waals surface area contributed by atoms with Crippen LogP contribution in [0.15, 0.2) is 18.2 Å². The molecule has 1 heterocycles. The topological polar surface area (TPSA) is 24.9 Å². The molecule has 0 saturated carbocycles. The summed E-state index contributed by atoms with van der Waals surface area (Å²) in [5, 5.41) is 5.19. The number of hydrogen-bond acceptors (Lipinski definition) is 3. The first-order valence-electron chi connectivity index (χ1n) is 4.73. The third kappa shape index (κ3) is 2.03. The second-order valence-corrected chi connectivity index (χ2v) is 5.09. The van der Waals surface area contributed by atoms with Crippen LogP contribution < -0.4 is 5.32 Å². The Morgan fingerprint density at radius 1 is 1.25 bits per heavy atom. The van der Waals surface area contributed by atoms with Crippen molar-refractivity contribution in [3.8, 4) is 10.4 Å². The Kier molecular flexibility index (Phi) is 3.38. The highest BCUT2D eigenvalue weighted by molar-refractivity contribution is 7.19.